The lowest BCUT2D eigenvalue weighted by Gasteiger charge is -2.32. The van der Waals surface area contributed by atoms with Gasteiger partial charge in [-0.25, -0.2) is 0 Å². The van der Waals surface area contributed by atoms with Crippen molar-refractivity contribution in [2.45, 2.75) is 50.7 Å². The normalized spacial score (nSPS) is 14.0. The number of fused-ring (bicyclic) bond motifs is 1. The number of methoxy groups -OCH3 is 1. The van der Waals surface area contributed by atoms with Gasteiger partial charge in [0.25, 0.3) is 5.91 Å². The molecule has 1 aliphatic rings. The number of amides is 2. The van der Waals surface area contributed by atoms with Crippen molar-refractivity contribution in [2.24, 2.45) is 0 Å². The molecule has 1 N–H and O–H groups in total. The number of benzene rings is 4. The number of hydrogen-bond acceptors (Lipinski definition) is 4. The lowest BCUT2D eigenvalue weighted by atomic mass is 10.0. The number of nitrogens with one attached hydrogen (secondary N) is 1. The van der Waals surface area contributed by atoms with Crippen molar-refractivity contribution >= 4 is 22.6 Å². The van der Waals surface area contributed by atoms with Gasteiger partial charge in [0.05, 0.1) is 7.11 Å². The molecule has 0 unspecified atom stereocenters. The standard InChI is InChI=1S/C34H36N2O4/c1-39-29-18-9-13-26(21-29)23-36(33(37)24-40-32-20-10-15-27-14-5-8-19-30(27)32)31(22-25-11-3-2-4-12-25)34(38)35-28-16-6-7-17-28/h2-5,8-15,18-21,28,31H,6-7,16-17,22-24H2,1H3,(H,35,38)/t31-/m0/s1. The van der Waals surface area contributed by atoms with Crippen LogP contribution in [0.3, 0.4) is 0 Å². The first kappa shape index (κ1) is 27.3. The van der Waals surface area contributed by atoms with E-state index in [4.69, 9.17) is 9.47 Å². The van der Waals surface area contributed by atoms with Crippen molar-refractivity contribution in [3.05, 3.63) is 108 Å². The van der Waals surface area contributed by atoms with E-state index in [1.807, 2.05) is 97.1 Å². The summed E-state index contributed by atoms with van der Waals surface area (Å²) in [6.07, 6.45) is 4.57. The van der Waals surface area contributed by atoms with Crippen molar-refractivity contribution in [3.8, 4) is 11.5 Å². The zero-order valence-electron chi connectivity index (χ0n) is 22.9. The van der Waals surface area contributed by atoms with Gasteiger partial charge < -0.3 is 19.7 Å². The molecule has 4 aromatic carbocycles. The predicted molar refractivity (Wildman–Crippen MR) is 157 cm³/mol. The number of ether oxygens (including phenoxy) is 2. The summed E-state index contributed by atoms with van der Waals surface area (Å²) in [6, 6.07) is 30.7. The molecular weight excluding hydrogens is 500 g/mol. The summed E-state index contributed by atoms with van der Waals surface area (Å²) in [6.45, 7) is 0.0739. The average Bonchev–Trinajstić information content (AvgIpc) is 3.51. The molecular formula is C34H36N2O4. The second kappa shape index (κ2) is 13.2. The molecule has 1 atom stereocenters. The van der Waals surface area contributed by atoms with Crippen LogP contribution in [0.15, 0.2) is 97.1 Å². The summed E-state index contributed by atoms with van der Waals surface area (Å²) in [5.74, 6) is 0.963. The van der Waals surface area contributed by atoms with E-state index < -0.39 is 6.04 Å². The van der Waals surface area contributed by atoms with E-state index in [2.05, 4.69) is 5.32 Å². The van der Waals surface area contributed by atoms with Gasteiger partial charge in [-0.15, -0.1) is 0 Å². The Hall–Kier alpha value is -4.32. The third-order valence-electron chi connectivity index (χ3n) is 7.56. The maximum atomic E-state index is 14.0. The smallest absolute Gasteiger partial charge is 0.261 e. The third-order valence-corrected chi connectivity index (χ3v) is 7.56. The van der Waals surface area contributed by atoms with E-state index in [0.29, 0.717) is 17.9 Å². The van der Waals surface area contributed by atoms with Crippen molar-refractivity contribution in [3.63, 3.8) is 0 Å². The Morgan fingerprint density at radius 2 is 1.57 bits per heavy atom. The fourth-order valence-corrected chi connectivity index (χ4v) is 5.43. The second-order valence-corrected chi connectivity index (χ2v) is 10.3. The SMILES string of the molecule is COc1cccc(CN(C(=O)COc2cccc3ccccc23)[C@@H](Cc2ccccc2)C(=O)NC2CCCC2)c1. The number of hydrogen-bond donors (Lipinski definition) is 1. The molecule has 40 heavy (non-hydrogen) atoms. The van der Waals surface area contributed by atoms with Crippen LogP contribution in [0, 0.1) is 0 Å². The molecule has 0 bridgehead atoms. The van der Waals surface area contributed by atoms with Gasteiger partial charge in [0.2, 0.25) is 5.91 Å². The Bertz CT molecular complexity index is 1430. The van der Waals surface area contributed by atoms with Crippen LogP contribution in [0.25, 0.3) is 10.8 Å². The fraction of sp³-hybridized carbons (Fsp3) is 0.294. The Balaban J connectivity index is 1.44. The van der Waals surface area contributed by atoms with Crippen LogP contribution in [0.2, 0.25) is 0 Å². The summed E-state index contributed by atoms with van der Waals surface area (Å²) in [4.78, 5) is 29.5. The van der Waals surface area contributed by atoms with Gasteiger partial charge in [-0.1, -0.05) is 91.7 Å². The van der Waals surface area contributed by atoms with Crippen molar-refractivity contribution in [2.75, 3.05) is 13.7 Å². The van der Waals surface area contributed by atoms with Gasteiger partial charge in [0.15, 0.2) is 6.61 Å². The third kappa shape index (κ3) is 6.81. The number of carbonyl (C=O) groups excluding carboxylic acids is 2. The number of carbonyl (C=O) groups is 2. The molecule has 1 aliphatic carbocycles. The summed E-state index contributed by atoms with van der Waals surface area (Å²) < 4.78 is 11.5. The van der Waals surface area contributed by atoms with Crippen LogP contribution in [0.5, 0.6) is 11.5 Å². The Kier molecular flexibility index (Phi) is 8.96. The molecule has 0 heterocycles. The quantitative estimate of drug-likeness (QED) is 0.258. The lowest BCUT2D eigenvalue weighted by molar-refractivity contribution is -0.143. The molecule has 0 saturated heterocycles. The van der Waals surface area contributed by atoms with Crippen molar-refractivity contribution < 1.29 is 19.1 Å². The topological polar surface area (TPSA) is 67.9 Å². The van der Waals surface area contributed by atoms with E-state index in [-0.39, 0.29) is 31.0 Å². The largest absolute Gasteiger partial charge is 0.497 e. The molecule has 6 heteroatoms. The zero-order valence-corrected chi connectivity index (χ0v) is 22.9. The molecule has 6 nitrogen and oxygen atoms in total. The molecule has 0 aromatic heterocycles. The van der Waals surface area contributed by atoms with Crippen LogP contribution < -0.4 is 14.8 Å². The van der Waals surface area contributed by atoms with Crippen LogP contribution >= 0.6 is 0 Å². The van der Waals surface area contributed by atoms with Crippen LogP contribution in [0.1, 0.15) is 36.8 Å². The fourth-order valence-electron chi connectivity index (χ4n) is 5.43. The molecule has 0 radical (unpaired) electrons. The molecule has 0 spiro atoms. The van der Waals surface area contributed by atoms with E-state index in [1.54, 1.807) is 12.0 Å². The molecule has 5 rings (SSSR count). The number of rotatable bonds is 11. The first-order valence-corrected chi connectivity index (χ1v) is 14.0. The second-order valence-electron chi connectivity index (χ2n) is 10.3. The highest BCUT2D eigenvalue weighted by Gasteiger charge is 2.32. The predicted octanol–water partition coefficient (Wildman–Crippen LogP) is 5.93. The number of nitrogens with zero attached hydrogens (tertiary/aromatic N) is 1. The van der Waals surface area contributed by atoms with Crippen LogP contribution in [-0.2, 0) is 22.6 Å². The molecule has 1 fully saturated rings. The van der Waals surface area contributed by atoms with Crippen LogP contribution in [-0.4, -0.2) is 42.5 Å². The van der Waals surface area contributed by atoms with Crippen molar-refractivity contribution in [1.29, 1.82) is 0 Å². The minimum absolute atomic E-state index is 0.128. The van der Waals surface area contributed by atoms with Gasteiger partial charge in [0, 0.05) is 24.4 Å². The highest BCUT2D eigenvalue weighted by atomic mass is 16.5. The Labute approximate surface area is 235 Å². The summed E-state index contributed by atoms with van der Waals surface area (Å²) in [5.41, 5.74) is 1.87. The average molecular weight is 537 g/mol. The maximum absolute atomic E-state index is 14.0. The summed E-state index contributed by atoms with van der Waals surface area (Å²) in [7, 11) is 1.62. The summed E-state index contributed by atoms with van der Waals surface area (Å²) >= 11 is 0. The molecule has 206 valence electrons. The first-order chi connectivity index (χ1) is 19.6. The zero-order chi connectivity index (χ0) is 27.7. The Morgan fingerprint density at radius 3 is 2.38 bits per heavy atom. The van der Waals surface area contributed by atoms with E-state index >= 15 is 0 Å². The highest BCUT2D eigenvalue weighted by molar-refractivity contribution is 5.90. The Morgan fingerprint density at radius 1 is 0.875 bits per heavy atom. The van der Waals surface area contributed by atoms with Gasteiger partial charge in [0.1, 0.15) is 17.5 Å². The van der Waals surface area contributed by atoms with E-state index in [0.717, 1.165) is 47.6 Å². The van der Waals surface area contributed by atoms with E-state index in [1.165, 1.54) is 0 Å². The maximum Gasteiger partial charge on any atom is 0.261 e. The van der Waals surface area contributed by atoms with Crippen molar-refractivity contribution in [1.82, 2.24) is 10.2 Å². The van der Waals surface area contributed by atoms with Gasteiger partial charge in [-0.3, -0.25) is 9.59 Å². The molecule has 4 aromatic rings. The highest BCUT2D eigenvalue weighted by Crippen LogP contribution is 2.26. The molecule has 0 aliphatic heterocycles. The monoisotopic (exact) mass is 536 g/mol. The minimum atomic E-state index is -0.696. The van der Waals surface area contributed by atoms with Gasteiger partial charge in [-0.05, 0) is 47.6 Å². The van der Waals surface area contributed by atoms with Gasteiger partial charge in [-0.2, -0.15) is 0 Å². The molecule has 1 saturated carbocycles. The van der Waals surface area contributed by atoms with E-state index in [9.17, 15) is 9.59 Å². The van der Waals surface area contributed by atoms with Gasteiger partial charge >= 0.3 is 0 Å². The lowest BCUT2D eigenvalue weighted by Crippen LogP contribution is -2.53. The first-order valence-electron chi connectivity index (χ1n) is 14.0. The summed E-state index contributed by atoms with van der Waals surface area (Å²) in [5, 5.41) is 5.22. The molecule has 2 amide bonds. The minimum Gasteiger partial charge on any atom is -0.497 e. The van der Waals surface area contributed by atoms with Crippen LogP contribution in [0.4, 0.5) is 0 Å².